The molecule has 0 fully saturated rings. The van der Waals surface area contributed by atoms with E-state index in [0.717, 1.165) is 11.1 Å². The van der Waals surface area contributed by atoms with Crippen molar-refractivity contribution in [2.45, 2.75) is 13.0 Å². The first-order valence-corrected chi connectivity index (χ1v) is 6.58. The van der Waals surface area contributed by atoms with Crippen molar-refractivity contribution < 1.29 is 14.3 Å². The fraction of sp³-hybridized carbons (Fsp3) is 0.333. The number of ether oxygens (including phenoxy) is 1. The SMILES string of the molecule is COC[C@@H](C(N)=O)N(C)C(=O)c1cc2c(C)cccn2c1. The highest BCUT2D eigenvalue weighted by Gasteiger charge is 2.26. The molecule has 2 rings (SSSR count). The van der Waals surface area contributed by atoms with Crippen LogP contribution in [0.5, 0.6) is 0 Å². The third-order valence-corrected chi connectivity index (χ3v) is 3.53. The van der Waals surface area contributed by atoms with Gasteiger partial charge in [0.1, 0.15) is 6.04 Å². The number of hydrogen-bond acceptors (Lipinski definition) is 3. The molecule has 2 aromatic rings. The first-order chi connectivity index (χ1) is 9.95. The number of rotatable bonds is 5. The molecule has 1 atom stereocenters. The minimum Gasteiger partial charge on any atom is -0.382 e. The van der Waals surface area contributed by atoms with E-state index in [1.54, 1.807) is 19.3 Å². The Kier molecular flexibility index (Phi) is 4.28. The molecule has 0 radical (unpaired) electrons. The normalized spacial score (nSPS) is 12.3. The number of aromatic nitrogens is 1. The number of carbonyl (C=O) groups is 2. The summed E-state index contributed by atoms with van der Waals surface area (Å²) in [6.45, 7) is 2.05. The third-order valence-electron chi connectivity index (χ3n) is 3.53. The second kappa shape index (κ2) is 5.97. The van der Waals surface area contributed by atoms with Crippen LogP contribution in [0.1, 0.15) is 15.9 Å². The van der Waals surface area contributed by atoms with E-state index in [9.17, 15) is 9.59 Å². The number of likely N-dealkylation sites (N-methyl/N-ethyl adjacent to an activating group) is 1. The predicted molar refractivity (Wildman–Crippen MR) is 79.1 cm³/mol. The Morgan fingerprint density at radius 1 is 1.48 bits per heavy atom. The van der Waals surface area contributed by atoms with E-state index in [4.69, 9.17) is 10.5 Å². The molecule has 0 bridgehead atoms. The molecule has 0 saturated heterocycles. The van der Waals surface area contributed by atoms with Crippen LogP contribution >= 0.6 is 0 Å². The highest BCUT2D eigenvalue weighted by atomic mass is 16.5. The lowest BCUT2D eigenvalue weighted by atomic mass is 10.2. The highest BCUT2D eigenvalue weighted by Crippen LogP contribution is 2.16. The largest absolute Gasteiger partial charge is 0.382 e. The number of pyridine rings is 1. The van der Waals surface area contributed by atoms with Gasteiger partial charge in [-0.1, -0.05) is 6.07 Å². The summed E-state index contributed by atoms with van der Waals surface area (Å²) >= 11 is 0. The van der Waals surface area contributed by atoms with Crippen LogP contribution in [0.25, 0.3) is 5.52 Å². The van der Waals surface area contributed by atoms with E-state index in [1.807, 2.05) is 29.7 Å². The van der Waals surface area contributed by atoms with Gasteiger partial charge in [0, 0.05) is 32.1 Å². The molecule has 6 heteroatoms. The maximum absolute atomic E-state index is 12.5. The molecule has 0 aliphatic carbocycles. The number of fused-ring (bicyclic) bond motifs is 1. The summed E-state index contributed by atoms with van der Waals surface area (Å²) in [6, 6.07) is 4.91. The van der Waals surface area contributed by atoms with Gasteiger partial charge in [0.05, 0.1) is 12.2 Å². The van der Waals surface area contributed by atoms with Gasteiger partial charge in [-0.3, -0.25) is 9.59 Å². The Balaban J connectivity index is 2.32. The van der Waals surface area contributed by atoms with Crippen LogP contribution in [0.2, 0.25) is 0 Å². The second-order valence-corrected chi connectivity index (χ2v) is 5.00. The molecule has 0 aliphatic heterocycles. The zero-order chi connectivity index (χ0) is 15.6. The van der Waals surface area contributed by atoms with Gasteiger partial charge < -0.3 is 19.8 Å². The molecule has 0 unspecified atom stereocenters. The van der Waals surface area contributed by atoms with Crippen molar-refractivity contribution in [2.24, 2.45) is 5.73 Å². The molecule has 2 amide bonds. The van der Waals surface area contributed by atoms with Crippen LogP contribution in [0.15, 0.2) is 30.6 Å². The van der Waals surface area contributed by atoms with Crippen molar-refractivity contribution in [3.8, 4) is 0 Å². The van der Waals surface area contributed by atoms with Gasteiger partial charge in [0.15, 0.2) is 0 Å². The van der Waals surface area contributed by atoms with Crippen LogP contribution in [0.4, 0.5) is 0 Å². The summed E-state index contributed by atoms with van der Waals surface area (Å²) in [5.74, 6) is -0.855. The quantitative estimate of drug-likeness (QED) is 0.885. The number of hydrogen-bond donors (Lipinski definition) is 1. The molecule has 0 aliphatic rings. The lowest BCUT2D eigenvalue weighted by Gasteiger charge is -2.24. The monoisotopic (exact) mass is 289 g/mol. The number of aryl methyl sites for hydroxylation is 1. The van der Waals surface area contributed by atoms with Gasteiger partial charge >= 0.3 is 0 Å². The van der Waals surface area contributed by atoms with Gasteiger partial charge in [-0.05, 0) is 24.6 Å². The Morgan fingerprint density at radius 3 is 2.76 bits per heavy atom. The van der Waals surface area contributed by atoms with E-state index >= 15 is 0 Å². The predicted octanol–water partition coefficient (Wildman–Crippen LogP) is 0.820. The van der Waals surface area contributed by atoms with E-state index in [-0.39, 0.29) is 12.5 Å². The standard InChI is InChI=1S/C15H19N3O3/c1-10-5-4-6-18-8-11(7-12(10)18)15(20)17(2)13(9-21-3)14(16)19/h4-8,13H,9H2,1-3H3,(H2,16,19)/t13-/m0/s1. The molecular weight excluding hydrogens is 270 g/mol. The number of amides is 2. The summed E-state index contributed by atoms with van der Waals surface area (Å²) in [4.78, 5) is 25.2. The van der Waals surface area contributed by atoms with Crippen molar-refractivity contribution in [3.05, 3.63) is 41.7 Å². The van der Waals surface area contributed by atoms with Gasteiger partial charge in [-0.15, -0.1) is 0 Å². The third kappa shape index (κ3) is 2.90. The Morgan fingerprint density at radius 2 is 2.19 bits per heavy atom. The first-order valence-electron chi connectivity index (χ1n) is 6.58. The molecule has 2 N–H and O–H groups in total. The van der Waals surface area contributed by atoms with Crippen LogP contribution in [0, 0.1) is 6.92 Å². The second-order valence-electron chi connectivity index (χ2n) is 5.00. The molecule has 2 heterocycles. The number of primary amides is 1. The lowest BCUT2D eigenvalue weighted by molar-refractivity contribution is -0.123. The molecule has 21 heavy (non-hydrogen) atoms. The van der Waals surface area contributed by atoms with Crippen LogP contribution < -0.4 is 5.73 Å². The first kappa shape index (κ1) is 15.1. The maximum atomic E-state index is 12.5. The van der Waals surface area contributed by atoms with Crippen molar-refractivity contribution >= 4 is 17.3 Å². The van der Waals surface area contributed by atoms with Gasteiger partial charge in [-0.2, -0.15) is 0 Å². The zero-order valence-electron chi connectivity index (χ0n) is 12.4. The highest BCUT2D eigenvalue weighted by molar-refractivity contribution is 5.98. The molecular formula is C15H19N3O3. The lowest BCUT2D eigenvalue weighted by Crippen LogP contribution is -2.48. The summed E-state index contributed by atoms with van der Waals surface area (Å²) in [5.41, 5.74) is 7.86. The van der Waals surface area contributed by atoms with Crippen molar-refractivity contribution in [3.63, 3.8) is 0 Å². The topological polar surface area (TPSA) is 77.0 Å². The molecule has 0 spiro atoms. The average molecular weight is 289 g/mol. The zero-order valence-corrected chi connectivity index (χ0v) is 12.4. The molecule has 0 aromatic carbocycles. The number of carbonyl (C=O) groups excluding carboxylic acids is 2. The van der Waals surface area contributed by atoms with E-state index in [2.05, 4.69) is 0 Å². The minimum atomic E-state index is -0.786. The molecule has 0 saturated carbocycles. The van der Waals surface area contributed by atoms with Crippen LogP contribution in [0.3, 0.4) is 0 Å². The summed E-state index contributed by atoms with van der Waals surface area (Å²) < 4.78 is 6.83. The molecule has 2 aromatic heterocycles. The van der Waals surface area contributed by atoms with Gasteiger partial charge in [0.25, 0.3) is 5.91 Å². The Bertz CT molecular complexity index is 678. The number of nitrogens with two attached hydrogens (primary N) is 1. The summed E-state index contributed by atoms with van der Waals surface area (Å²) in [5, 5.41) is 0. The number of nitrogens with zero attached hydrogens (tertiary/aromatic N) is 2. The smallest absolute Gasteiger partial charge is 0.255 e. The van der Waals surface area contributed by atoms with Crippen molar-refractivity contribution in [2.75, 3.05) is 20.8 Å². The fourth-order valence-corrected chi connectivity index (χ4v) is 2.29. The Hall–Kier alpha value is -2.34. The van der Waals surface area contributed by atoms with Crippen LogP contribution in [-0.2, 0) is 9.53 Å². The molecule has 112 valence electrons. The van der Waals surface area contributed by atoms with Crippen LogP contribution in [-0.4, -0.2) is 47.9 Å². The summed E-state index contributed by atoms with van der Waals surface area (Å²) in [6.07, 6.45) is 3.62. The van der Waals surface area contributed by atoms with E-state index in [1.165, 1.54) is 12.0 Å². The van der Waals surface area contributed by atoms with E-state index in [0.29, 0.717) is 5.56 Å². The van der Waals surface area contributed by atoms with Crippen molar-refractivity contribution in [1.29, 1.82) is 0 Å². The van der Waals surface area contributed by atoms with Gasteiger partial charge in [-0.25, -0.2) is 0 Å². The fourth-order valence-electron chi connectivity index (χ4n) is 2.29. The van der Waals surface area contributed by atoms with Crippen molar-refractivity contribution in [1.82, 2.24) is 9.30 Å². The van der Waals surface area contributed by atoms with Gasteiger partial charge in [0.2, 0.25) is 5.91 Å². The maximum Gasteiger partial charge on any atom is 0.255 e. The Labute approximate surface area is 123 Å². The minimum absolute atomic E-state index is 0.0734. The molecule has 6 nitrogen and oxygen atoms in total. The van der Waals surface area contributed by atoms with E-state index < -0.39 is 11.9 Å². The average Bonchev–Trinajstić information content (AvgIpc) is 2.88. The summed E-state index contributed by atoms with van der Waals surface area (Å²) in [7, 11) is 3.01. The number of methoxy groups -OCH3 is 1.